The number of imidazole rings is 1. The van der Waals surface area contributed by atoms with Crippen molar-refractivity contribution in [3.05, 3.63) is 65.9 Å². The van der Waals surface area contributed by atoms with Gasteiger partial charge in [0.2, 0.25) is 0 Å². The van der Waals surface area contributed by atoms with Crippen molar-refractivity contribution < 1.29 is 4.42 Å². The Balaban J connectivity index is 1.47. The molecule has 0 radical (unpaired) electrons. The van der Waals surface area contributed by atoms with E-state index in [1.807, 2.05) is 42.6 Å². The fraction of sp³-hybridized carbons (Fsp3) is 0.364. The predicted octanol–water partition coefficient (Wildman–Crippen LogP) is 4.41. The maximum Gasteiger partial charge on any atom is 0.135 e. The highest BCUT2D eigenvalue weighted by atomic mass is 16.3. The van der Waals surface area contributed by atoms with Crippen LogP contribution < -0.4 is 0 Å². The van der Waals surface area contributed by atoms with E-state index in [4.69, 9.17) is 4.42 Å². The number of hydrogen-bond acceptors (Lipinski definition) is 4. The summed E-state index contributed by atoms with van der Waals surface area (Å²) in [6.07, 6.45) is 6.33. The van der Waals surface area contributed by atoms with Gasteiger partial charge in [-0.2, -0.15) is 5.26 Å². The number of aryl methyl sites for hydroxylation is 1. The summed E-state index contributed by atoms with van der Waals surface area (Å²) in [6, 6.07) is 13.8. The van der Waals surface area contributed by atoms with Crippen LogP contribution in [0.15, 0.2) is 53.2 Å². The fourth-order valence-electron chi connectivity index (χ4n) is 3.98. The van der Waals surface area contributed by atoms with Crippen molar-refractivity contribution in [3.8, 4) is 17.4 Å². The molecular weight excluding hydrogens is 336 g/mol. The van der Waals surface area contributed by atoms with Crippen LogP contribution in [0.25, 0.3) is 11.3 Å². The standard InChI is InChI=1S/C22H24N4O/c1-2-26-13-11-24-22(26)18-7-5-12-25(15-18)16-19-9-10-21(27-19)20-8-4-3-6-17(20)14-23/h3-4,6,8-11,13,18H,2,5,7,12,15-16H2,1H3. The number of benzene rings is 1. The second kappa shape index (κ2) is 7.81. The Labute approximate surface area is 159 Å². The van der Waals surface area contributed by atoms with Crippen molar-refractivity contribution >= 4 is 0 Å². The monoisotopic (exact) mass is 360 g/mol. The second-order valence-corrected chi connectivity index (χ2v) is 7.07. The van der Waals surface area contributed by atoms with E-state index in [1.165, 1.54) is 18.7 Å². The lowest BCUT2D eigenvalue weighted by Gasteiger charge is -2.32. The SMILES string of the molecule is CCn1ccnc1C1CCCN(Cc2ccc(-c3ccccc3C#N)o2)C1. The van der Waals surface area contributed by atoms with E-state index in [0.29, 0.717) is 11.5 Å². The molecule has 1 saturated heterocycles. The lowest BCUT2D eigenvalue weighted by molar-refractivity contribution is 0.182. The molecule has 27 heavy (non-hydrogen) atoms. The Kier molecular flexibility index (Phi) is 5.08. The van der Waals surface area contributed by atoms with Crippen LogP contribution in [0.3, 0.4) is 0 Å². The molecule has 0 spiro atoms. The maximum atomic E-state index is 9.30. The summed E-state index contributed by atoms with van der Waals surface area (Å²) >= 11 is 0. The fourth-order valence-corrected chi connectivity index (χ4v) is 3.98. The zero-order valence-corrected chi connectivity index (χ0v) is 15.6. The minimum Gasteiger partial charge on any atom is -0.460 e. The van der Waals surface area contributed by atoms with Gasteiger partial charge in [-0.05, 0) is 50.6 Å². The van der Waals surface area contributed by atoms with Gasteiger partial charge in [-0.1, -0.05) is 12.1 Å². The molecule has 0 bridgehead atoms. The number of aromatic nitrogens is 2. The summed E-state index contributed by atoms with van der Waals surface area (Å²) in [7, 11) is 0. The number of likely N-dealkylation sites (tertiary alicyclic amines) is 1. The molecule has 1 aliphatic heterocycles. The van der Waals surface area contributed by atoms with Crippen LogP contribution in [-0.2, 0) is 13.1 Å². The Morgan fingerprint density at radius 1 is 1.26 bits per heavy atom. The van der Waals surface area contributed by atoms with E-state index >= 15 is 0 Å². The smallest absolute Gasteiger partial charge is 0.135 e. The van der Waals surface area contributed by atoms with Crippen molar-refractivity contribution in [1.29, 1.82) is 5.26 Å². The number of rotatable bonds is 5. The first kappa shape index (κ1) is 17.6. The largest absolute Gasteiger partial charge is 0.460 e. The molecular formula is C22H24N4O. The van der Waals surface area contributed by atoms with Gasteiger partial charge in [-0.15, -0.1) is 0 Å². The zero-order chi connectivity index (χ0) is 18.6. The van der Waals surface area contributed by atoms with Crippen molar-refractivity contribution in [2.24, 2.45) is 0 Å². The Hall–Kier alpha value is -2.84. The molecule has 138 valence electrons. The zero-order valence-electron chi connectivity index (χ0n) is 15.6. The summed E-state index contributed by atoms with van der Waals surface area (Å²) < 4.78 is 8.32. The van der Waals surface area contributed by atoms with E-state index < -0.39 is 0 Å². The first-order valence-corrected chi connectivity index (χ1v) is 9.60. The van der Waals surface area contributed by atoms with Crippen LogP contribution >= 0.6 is 0 Å². The van der Waals surface area contributed by atoms with Crippen LogP contribution in [0.4, 0.5) is 0 Å². The number of nitrogens with zero attached hydrogens (tertiary/aromatic N) is 4. The Morgan fingerprint density at radius 2 is 2.15 bits per heavy atom. The highest BCUT2D eigenvalue weighted by Gasteiger charge is 2.25. The van der Waals surface area contributed by atoms with Crippen LogP contribution in [0.5, 0.6) is 0 Å². The van der Waals surface area contributed by atoms with Gasteiger partial charge in [-0.3, -0.25) is 4.90 Å². The average molecular weight is 360 g/mol. The molecule has 4 rings (SSSR count). The van der Waals surface area contributed by atoms with Gasteiger partial charge < -0.3 is 8.98 Å². The third-order valence-electron chi connectivity index (χ3n) is 5.31. The molecule has 5 heteroatoms. The molecule has 0 N–H and O–H groups in total. The summed E-state index contributed by atoms with van der Waals surface area (Å²) in [5.74, 6) is 3.38. The summed E-state index contributed by atoms with van der Waals surface area (Å²) in [4.78, 5) is 7.04. The summed E-state index contributed by atoms with van der Waals surface area (Å²) in [5, 5.41) is 9.30. The topological polar surface area (TPSA) is 58.0 Å². The summed E-state index contributed by atoms with van der Waals surface area (Å²) in [6.45, 7) is 5.99. The highest BCUT2D eigenvalue weighted by molar-refractivity contribution is 5.66. The summed E-state index contributed by atoms with van der Waals surface area (Å²) in [5.41, 5.74) is 1.50. The molecule has 5 nitrogen and oxygen atoms in total. The number of furan rings is 1. The van der Waals surface area contributed by atoms with Gasteiger partial charge >= 0.3 is 0 Å². The predicted molar refractivity (Wildman–Crippen MR) is 104 cm³/mol. The second-order valence-electron chi connectivity index (χ2n) is 7.07. The molecule has 2 aromatic heterocycles. The first-order valence-electron chi connectivity index (χ1n) is 9.60. The molecule has 1 aromatic carbocycles. The normalized spacial score (nSPS) is 17.7. The molecule has 3 heterocycles. The molecule has 1 atom stereocenters. The van der Waals surface area contributed by atoms with Crippen molar-refractivity contribution in [1.82, 2.24) is 14.5 Å². The molecule has 0 amide bonds. The minimum absolute atomic E-state index is 0.474. The van der Waals surface area contributed by atoms with Gasteiger partial charge in [0.15, 0.2) is 0 Å². The highest BCUT2D eigenvalue weighted by Crippen LogP contribution is 2.29. The van der Waals surface area contributed by atoms with Crippen LogP contribution in [0.2, 0.25) is 0 Å². The first-order chi connectivity index (χ1) is 13.3. The third kappa shape index (κ3) is 3.67. The maximum absolute atomic E-state index is 9.30. The number of nitriles is 1. The average Bonchev–Trinajstić information content (AvgIpc) is 3.37. The van der Waals surface area contributed by atoms with E-state index in [1.54, 1.807) is 0 Å². The lowest BCUT2D eigenvalue weighted by atomic mass is 9.97. The van der Waals surface area contributed by atoms with E-state index in [0.717, 1.165) is 43.3 Å². The van der Waals surface area contributed by atoms with Crippen LogP contribution in [0.1, 0.15) is 42.8 Å². The molecule has 0 saturated carbocycles. The molecule has 0 aliphatic carbocycles. The van der Waals surface area contributed by atoms with E-state index in [9.17, 15) is 5.26 Å². The third-order valence-corrected chi connectivity index (χ3v) is 5.31. The van der Waals surface area contributed by atoms with Gasteiger partial charge in [0.05, 0.1) is 18.2 Å². The van der Waals surface area contributed by atoms with E-state index in [2.05, 4.69) is 33.6 Å². The van der Waals surface area contributed by atoms with Gasteiger partial charge in [0.1, 0.15) is 17.3 Å². The van der Waals surface area contributed by atoms with Gasteiger partial charge in [0, 0.05) is 37.0 Å². The van der Waals surface area contributed by atoms with Crippen molar-refractivity contribution in [2.75, 3.05) is 13.1 Å². The molecule has 1 fully saturated rings. The molecule has 3 aromatic rings. The minimum atomic E-state index is 0.474. The molecule has 1 aliphatic rings. The number of piperidine rings is 1. The van der Waals surface area contributed by atoms with Crippen molar-refractivity contribution in [3.63, 3.8) is 0 Å². The van der Waals surface area contributed by atoms with E-state index in [-0.39, 0.29) is 0 Å². The molecule has 1 unspecified atom stereocenters. The lowest BCUT2D eigenvalue weighted by Crippen LogP contribution is -2.34. The van der Waals surface area contributed by atoms with Crippen LogP contribution in [0, 0.1) is 11.3 Å². The number of hydrogen-bond donors (Lipinski definition) is 0. The van der Waals surface area contributed by atoms with Crippen molar-refractivity contribution in [2.45, 2.75) is 38.8 Å². The quantitative estimate of drug-likeness (QED) is 0.676. The van der Waals surface area contributed by atoms with Crippen LogP contribution in [-0.4, -0.2) is 27.5 Å². The Morgan fingerprint density at radius 3 is 3.00 bits per heavy atom. The Bertz CT molecular complexity index is 949. The van der Waals surface area contributed by atoms with Gasteiger partial charge in [-0.25, -0.2) is 4.98 Å². The van der Waals surface area contributed by atoms with Gasteiger partial charge in [0.25, 0.3) is 0 Å².